The first-order chi connectivity index (χ1) is 28.0. The van der Waals surface area contributed by atoms with Crippen molar-refractivity contribution in [1.29, 1.82) is 0 Å². The number of rotatable bonds is 16. The number of aromatic hydroxyl groups is 1. The third-order valence-corrected chi connectivity index (χ3v) is 17.2. The normalized spacial score (nSPS) is 21.0. The Balaban J connectivity index is 1.25. The van der Waals surface area contributed by atoms with Crippen molar-refractivity contribution in [3.63, 3.8) is 0 Å². The van der Waals surface area contributed by atoms with E-state index >= 15 is 0 Å². The topological polar surface area (TPSA) is 126 Å². The zero-order valence-electron chi connectivity index (χ0n) is 33.7. The average Bonchev–Trinajstić information content (AvgIpc) is 3.75. The number of aliphatic carboxylic acids is 1. The largest absolute Gasteiger partial charge is 0.507 e. The van der Waals surface area contributed by atoms with E-state index in [0.717, 1.165) is 22.4 Å². The molecule has 3 aliphatic rings. The summed E-state index contributed by atoms with van der Waals surface area (Å²) in [6.07, 6.45) is 6.82. The molecule has 0 spiro atoms. The van der Waals surface area contributed by atoms with E-state index in [4.69, 9.17) is 14.3 Å². The summed E-state index contributed by atoms with van der Waals surface area (Å²) in [6.45, 7) is 7.68. The van der Waals surface area contributed by atoms with E-state index in [1.165, 1.54) is 15.3 Å². The van der Waals surface area contributed by atoms with Crippen LogP contribution < -0.4 is 10.4 Å². The first-order valence-corrected chi connectivity index (χ1v) is 22.5. The van der Waals surface area contributed by atoms with Crippen LogP contribution >= 0.6 is 0 Å². The van der Waals surface area contributed by atoms with Crippen molar-refractivity contribution in [3.8, 4) is 5.75 Å². The van der Waals surface area contributed by atoms with Crippen LogP contribution in [0.5, 0.6) is 5.75 Å². The number of pyridine rings is 1. The van der Waals surface area contributed by atoms with Crippen molar-refractivity contribution in [2.75, 3.05) is 19.8 Å². The molecule has 2 aliphatic heterocycles. The fraction of sp³-hybridized carbons (Fsp3) is 0.375. The number of benzene rings is 3. The van der Waals surface area contributed by atoms with Crippen LogP contribution in [0.1, 0.15) is 77.0 Å². The number of ether oxygens (including phenoxy) is 1. The van der Waals surface area contributed by atoms with E-state index in [0.29, 0.717) is 57.3 Å². The highest BCUT2D eigenvalue weighted by Gasteiger charge is 2.57. The monoisotopic (exact) mass is 798 g/mol. The van der Waals surface area contributed by atoms with Gasteiger partial charge in [0.2, 0.25) is 11.8 Å². The molecule has 4 aromatic rings. The van der Waals surface area contributed by atoms with Gasteiger partial charge in [0.25, 0.3) is 8.32 Å². The molecule has 3 aromatic carbocycles. The molecule has 9 nitrogen and oxygen atoms in total. The molecule has 7 rings (SSSR count). The van der Waals surface area contributed by atoms with E-state index in [-0.39, 0.29) is 47.6 Å². The van der Waals surface area contributed by atoms with Gasteiger partial charge in [-0.25, -0.2) is 0 Å². The number of phenols is 1. The fourth-order valence-electron chi connectivity index (χ4n) is 9.48. The molecule has 2 amide bonds. The number of carbonyl (C=O) groups excluding carboxylic acids is 2. The molecule has 0 radical (unpaired) electrons. The van der Waals surface area contributed by atoms with Gasteiger partial charge in [-0.3, -0.25) is 24.3 Å². The Hall–Kier alpha value is -5.16. The summed E-state index contributed by atoms with van der Waals surface area (Å²) in [5, 5.41) is 21.9. The van der Waals surface area contributed by atoms with E-state index < -0.39 is 26.1 Å². The number of carboxylic acid groups (broad SMARTS) is 1. The van der Waals surface area contributed by atoms with Crippen molar-refractivity contribution in [2.24, 2.45) is 17.8 Å². The van der Waals surface area contributed by atoms with Gasteiger partial charge in [0.1, 0.15) is 5.75 Å². The first kappa shape index (κ1) is 41.0. The number of aromatic nitrogens is 1. The van der Waals surface area contributed by atoms with Gasteiger partial charge in [0.15, 0.2) is 0 Å². The SMILES string of the molecule is CC(C)(C)[Si](OCC1=C2[C@@H](CC/C(=C/c3ccccc3O)c3ccccn3)OC[C@@H]2[C@@H]2C(=O)N(CCCCCC(=O)O)C(=O)[C@@H]2C1)(c1ccccc1)c1ccccc1. The number of allylic oxidation sites excluding steroid dienone is 1. The molecule has 10 heteroatoms. The van der Waals surface area contributed by atoms with Crippen LogP contribution in [-0.2, 0) is 23.5 Å². The molecule has 1 aromatic heterocycles. The van der Waals surface area contributed by atoms with Crippen LogP contribution in [0.2, 0.25) is 5.04 Å². The van der Waals surface area contributed by atoms with Crippen LogP contribution in [0, 0.1) is 17.8 Å². The molecule has 0 bridgehead atoms. The predicted molar refractivity (Wildman–Crippen MR) is 228 cm³/mol. The molecule has 1 aliphatic carbocycles. The summed E-state index contributed by atoms with van der Waals surface area (Å²) in [5.41, 5.74) is 4.57. The maximum atomic E-state index is 14.3. The van der Waals surface area contributed by atoms with Gasteiger partial charge in [0, 0.05) is 30.6 Å². The molecule has 0 unspecified atom stereocenters. The highest BCUT2D eigenvalue weighted by Crippen LogP contribution is 2.51. The van der Waals surface area contributed by atoms with Gasteiger partial charge in [0.05, 0.1) is 36.8 Å². The minimum Gasteiger partial charge on any atom is -0.507 e. The molecular weight excluding hydrogens is 745 g/mol. The minimum absolute atomic E-state index is 0.0691. The first-order valence-electron chi connectivity index (χ1n) is 20.5. The second kappa shape index (κ2) is 17.8. The summed E-state index contributed by atoms with van der Waals surface area (Å²) >= 11 is 0. The molecule has 2 fully saturated rings. The summed E-state index contributed by atoms with van der Waals surface area (Å²) in [5.74, 6) is -2.26. The highest BCUT2D eigenvalue weighted by molar-refractivity contribution is 6.99. The fourth-order valence-corrected chi connectivity index (χ4v) is 14.0. The lowest BCUT2D eigenvalue weighted by Gasteiger charge is -2.44. The van der Waals surface area contributed by atoms with Gasteiger partial charge in [-0.1, -0.05) is 112 Å². The minimum atomic E-state index is -2.96. The number of carboxylic acids is 1. The number of hydrogen-bond donors (Lipinski definition) is 2. The molecule has 2 N–H and O–H groups in total. The number of imide groups is 1. The molecule has 3 heterocycles. The van der Waals surface area contributed by atoms with E-state index in [1.54, 1.807) is 18.3 Å². The number of hydrogen-bond acceptors (Lipinski definition) is 7. The standard InChI is InChI=1S/C48H54N2O7Si/c1-48(2,3)58(36-18-7-4-8-19-36,37-20-9-5-10-21-37)57-31-35-30-38-45(47(55)50(46(38)54)28-16-6-11-24-43(52)53)39-32-56-42(44(35)39)26-25-33(40-22-14-15-27-49-40)29-34-17-12-13-23-41(34)51/h4-5,7-10,12-15,17-23,27,29,38-39,42,45,51H,6,11,16,24-26,28,30-32H2,1-3H3,(H,52,53)/b33-29-/t38-,39+,42-,45-/m1/s1. The Morgan fingerprint density at radius 2 is 1.53 bits per heavy atom. The van der Waals surface area contributed by atoms with Gasteiger partial charge < -0.3 is 19.4 Å². The van der Waals surface area contributed by atoms with Crippen molar-refractivity contribution in [1.82, 2.24) is 9.88 Å². The van der Waals surface area contributed by atoms with E-state index in [1.807, 2.05) is 48.5 Å². The van der Waals surface area contributed by atoms with Crippen molar-refractivity contribution in [3.05, 3.63) is 132 Å². The average molecular weight is 799 g/mol. The van der Waals surface area contributed by atoms with E-state index in [9.17, 15) is 19.5 Å². The summed E-state index contributed by atoms with van der Waals surface area (Å²) in [7, 11) is -2.96. The second-order valence-corrected chi connectivity index (χ2v) is 21.1. The number of likely N-dealkylation sites (tertiary alicyclic amines) is 1. The summed E-state index contributed by atoms with van der Waals surface area (Å²) in [6, 6.07) is 34.1. The lowest BCUT2D eigenvalue weighted by molar-refractivity contribution is -0.141. The van der Waals surface area contributed by atoms with Gasteiger partial charge in [-0.05, 0) is 88.5 Å². The molecule has 0 saturated carbocycles. The van der Waals surface area contributed by atoms with Crippen molar-refractivity contribution in [2.45, 2.75) is 76.9 Å². The number of nitrogens with zero attached hydrogens (tertiary/aromatic N) is 2. The van der Waals surface area contributed by atoms with Crippen molar-refractivity contribution >= 4 is 48.1 Å². The predicted octanol–water partition coefficient (Wildman–Crippen LogP) is 7.65. The molecule has 58 heavy (non-hydrogen) atoms. The zero-order valence-corrected chi connectivity index (χ0v) is 34.7. The molecule has 302 valence electrons. The number of phenolic OH excluding ortho intramolecular Hbond substituents is 1. The van der Waals surface area contributed by atoms with Crippen LogP contribution in [-0.4, -0.2) is 72.1 Å². The van der Waals surface area contributed by atoms with Crippen LogP contribution in [0.3, 0.4) is 0 Å². The maximum absolute atomic E-state index is 14.3. The lowest BCUT2D eigenvalue weighted by atomic mass is 9.69. The third kappa shape index (κ3) is 8.37. The zero-order chi connectivity index (χ0) is 40.9. The summed E-state index contributed by atoms with van der Waals surface area (Å²) in [4.78, 5) is 45.6. The molecule has 4 atom stereocenters. The Morgan fingerprint density at radius 3 is 2.17 bits per heavy atom. The van der Waals surface area contributed by atoms with Crippen LogP contribution in [0.25, 0.3) is 11.6 Å². The van der Waals surface area contributed by atoms with Gasteiger partial charge in [-0.15, -0.1) is 0 Å². The number of para-hydroxylation sites is 1. The van der Waals surface area contributed by atoms with Crippen LogP contribution in [0.15, 0.2) is 120 Å². The Labute approximate surface area is 342 Å². The Morgan fingerprint density at radius 1 is 0.862 bits per heavy atom. The smallest absolute Gasteiger partial charge is 0.303 e. The number of carbonyl (C=O) groups is 3. The highest BCUT2D eigenvalue weighted by atomic mass is 28.4. The van der Waals surface area contributed by atoms with Gasteiger partial charge in [-0.2, -0.15) is 0 Å². The second-order valence-electron chi connectivity index (χ2n) is 16.8. The van der Waals surface area contributed by atoms with Crippen LogP contribution in [0.4, 0.5) is 0 Å². The van der Waals surface area contributed by atoms with Gasteiger partial charge >= 0.3 is 5.97 Å². The number of fused-ring (bicyclic) bond motifs is 3. The molecule has 2 saturated heterocycles. The third-order valence-electron chi connectivity index (χ3n) is 12.2. The quantitative estimate of drug-likeness (QED) is 0.0513. The number of amides is 2. The Bertz CT molecular complexity index is 2110. The lowest BCUT2D eigenvalue weighted by Crippen LogP contribution is -2.66. The van der Waals surface area contributed by atoms with E-state index in [2.05, 4.69) is 74.3 Å². The summed E-state index contributed by atoms with van der Waals surface area (Å²) < 4.78 is 14.2. The number of unbranched alkanes of at least 4 members (excludes halogenated alkanes) is 2. The Kier molecular flexibility index (Phi) is 12.6. The van der Waals surface area contributed by atoms with Crippen molar-refractivity contribution < 1.29 is 33.8 Å². The molecular formula is C48H54N2O7Si. The maximum Gasteiger partial charge on any atom is 0.303 e.